The summed E-state index contributed by atoms with van der Waals surface area (Å²) in [6, 6.07) is 14.1. The van der Waals surface area contributed by atoms with E-state index in [1.54, 1.807) is 0 Å². The Bertz CT molecular complexity index is 713. The van der Waals surface area contributed by atoms with Crippen molar-refractivity contribution in [2.24, 2.45) is 0 Å². The molecule has 0 saturated carbocycles. The number of hydrogen-bond donors (Lipinski definition) is 0. The zero-order chi connectivity index (χ0) is 13.9. The highest BCUT2D eigenvalue weighted by molar-refractivity contribution is 5.73. The van der Waals surface area contributed by atoms with Crippen molar-refractivity contribution in [3.8, 4) is 5.75 Å². The summed E-state index contributed by atoms with van der Waals surface area (Å²) in [5.41, 5.74) is 4.12. The molecule has 20 heavy (non-hydrogen) atoms. The highest BCUT2D eigenvalue weighted by atomic mass is 16.5. The van der Waals surface area contributed by atoms with E-state index in [1.165, 1.54) is 5.56 Å². The number of oxazole rings is 1. The van der Waals surface area contributed by atoms with Gasteiger partial charge in [0.25, 0.3) is 0 Å². The molecule has 0 spiro atoms. The second-order valence-electron chi connectivity index (χ2n) is 4.83. The molecule has 0 amide bonds. The molecule has 0 fully saturated rings. The number of hydrogen-bond acceptors (Lipinski definition) is 3. The van der Waals surface area contributed by atoms with Crippen LogP contribution in [0.2, 0.25) is 0 Å². The molecule has 0 atom stereocenters. The molecule has 0 aliphatic carbocycles. The third-order valence-electron chi connectivity index (χ3n) is 3.18. The normalized spacial score (nSPS) is 10.9. The predicted octanol–water partition coefficient (Wildman–Crippen LogP) is 4.13. The molecule has 102 valence electrons. The van der Waals surface area contributed by atoms with Gasteiger partial charge in [-0.25, -0.2) is 4.98 Å². The average molecular weight is 267 g/mol. The first-order valence-corrected chi connectivity index (χ1v) is 6.82. The minimum Gasteiger partial charge on any atom is -0.494 e. The van der Waals surface area contributed by atoms with Crippen LogP contribution in [0.15, 0.2) is 46.9 Å². The topological polar surface area (TPSA) is 35.3 Å². The maximum atomic E-state index is 5.76. The molecule has 1 heterocycles. The number of aromatic nitrogens is 1. The van der Waals surface area contributed by atoms with Crippen molar-refractivity contribution in [3.05, 3.63) is 59.5 Å². The molecule has 3 aromatic rings. The first-order chi connectivity index (χ1) is 9.74. The molecule has 2 aromatic carbocycles. The van der Waals surface area contributed by atoms with E-state index in [2.05, 4.69) is 11.9 Å². The highest BCUT2D eigenvalue weighted by Gasteiger charge is 2.07. The molecule has 0 bridgehead atoms. The second-order valence-corrected chi connectivity index (χ2v) is 4.83. The van der Waals surface area contributed by atoms with Gasteiger partial charge in [-0.2, -0.15) is 0 Å². The lowest BCUT2D eigenvalue weighted by Gasteiger charge is -2.03. The fourth-order valence-corrected chi connectivity index (χ4v) is 2.21. The number of aryl methyl sites for hydroxylation is 1. The lowest BCUT2D eigenvalue weighted by Crippen LogP contribution is -1.92. The number of rotatable bonds is 4. The minimum absolute atomic E-state index is 0.684. The van der Waals surface area contributed by atoms with Gasteiger partial charge in [0.05, 0.1) is 6.61 Å². The van der Waals surface area contributed by atoms with Crippen LogP contribution in [-0.2, 0) is 6.42 Å². The molecule has 3 heteroatoms. The lowest BCUT2D eigenvalue weighted by atomic mass is 10.1. The molecule has 0 aliphatic heterocycles. The summed E-state index contributed by atoms with van der Waals surface area (Å²) in [6.45, 7) is 4.72. The number of ether oxygens (including phenoxy) is 1. The van der Waals surface area contributed by atoms with E-state index < -0.39 is 0 Å². The molecule has 0 radical (unpaired) electrons. The summed E-state index contributed by atoms with van der Waals surface area (Å²) in [4.78, 5) is 4.53. The van der Waals surface area contributed by atoms with Crippen LogP contribution < -0.4 is 4.74 Å². The second kappa shape index (κ2) is 5.37. The number of nitrogens with zero attached hydrogens (tertiary/aromatic N) is 1. The summed E-state index contributed by atoms with van der Waals surface area (Å²) in [5, 5.41) is 0. The van der Waals surface area contributed by atoms with Crippen molar-refractivity contribution in [1.29, 1.82) is 0 Å². The molecule has 0 aliphatic rings. The van der Waals surface area contributed by atoms with Crippen molar-refractivity contribution in [2.75, 3.05) is 6.61 Å². The smallest absolute Gasteiger partial charge is 0.199 e. The van der Waals surface area contributed by atoms with Crippen molar-refractivity contribution < 1.29 is 9.15 Å². The van der Waals surface area contributed by atoms with Crippen LogP contribution in [0.5, 0.6) is 5.75 Å². The van der Waals surface area contributed by atoms with E-state index in [9.17, 15) is 0 Å². The zero-order valence-corrected chi connectivity index (χ0v) is 11.7. The molecular weight excluding hydrogens is 250 g/mol. The fourth-order valence-electron chi connectivity index (χ4n) is 2.21. The van der Waals surface area contributed by atoms with E-state index in [-0.39, 0.29) is 0 Å². The summed E-state index contributed by atoms with van der Waals surface area (Å²) in [7, 11) is 0. The van der Waals surface area contributed by atoms with Crippen LogP contribution in [0.4, 0.5) is 0 Å². The Morgan fingerprint density at radius 3 is 2.65 bits per heavy atom. The van der Waals surface area contributed by atoms with Gasteiger partial charge in [-0.05, 0) is 49.2 Å². The van der Waals surface area contributed by atoms with Gasteiger partial charge in [-0.3, -0.25) is 0 Å². The Morgan fingerprint density at radius 1 is 1.10 bits per heavy atom. The maximum absolute atomic E-state index is 5.76. The predicted molar refractivity (Wildman–Crippen MR) is 79.2 cm³/mol. The lowest BCUT2D eigenvalue weighted by molar-refractivity contribution is 0.340. The Balaban J connectivity index is 1.81. The van der Waals surface area contributed by atoms with Crippen molar-refractivity contribution in [2.45, 2.75) is 20.3 Å². The van der Waals surface area contributed by atoms with E-state index in [4.69, 9.17) is 9.15 Å². The highest BCUT2D eigenvalue weighted by Crippen LogP contribution is 2.20. The third-order valence-corrected chi connectivity index (χ3v) is 3.18. The summed E-state index contributed by atoms with van der Waals surface area (Å²) in [5.74, 6) is 1.64. The SMILES string of the molecule is CCOc1ccc(Cc2nc3cc(C)ccc3o2)cc1. The van der Waals surface area contributed by atoms with Gasteiger partial charge in [0.2, 0.25) is 0 Å². The van der Waals surface area contributed by atoms with Gasteiger partial charge < -0.3 is 9.15 Å². The fraction of sp³-hybridized carbons (Fsp3) is 0.235. The van der Waals surface area contributed by atoms with Gasteiger partial charge in [-0.1, -0.05) is 18.2 Å². The third kappa shape index (κ3) is 2.67. The molecule has 0 saturated heterocycles. The standard InChI is InChI=1S/C17H17NO2/c1-3-19-14-7-5-13(6-8-14)11-17-18-15-10-12(2)4-9-16(15)20-17/h4-10H,3,11H2,1-2H3. The first-order valence-electron chi connectivity index (χ1n) is 6.82. The van der Waals surface area contributed by atoms with Crippen LogP contribution in [0, 0.1) is 6.92 Å². The Morgan fingerprint density at radius 2 is 1.90 bits per heavy atom. The van der Waals surface area contributed by atoms with Gasteiger partial charge >= 0.3 is 0 Å². The van der Waals surface area contributed by atoms with Crippen molar-refractivity contribution in [1.82, 2.24) is 4.98 Å². The first kappa shape index (κ1) is 12.7. The molecule has 3 rings (SSSR count). The maximum Gasteiger partial charge on any atom is 0.199 e. The van der Waals surface area contributed by atoms with Crippen molar-refractivity contribution >= 4 is 11.1 Å². The molecule has 1 aromatic heterocycles. The van der Waals surface area contributed by atoms with E-state index in [1.807, 2.05) is 49.4 Å². The summed E-state index contributed by atoms with van der Waals surface area (Å²) >= 11 is 0. The van der Waals surface area contributed by atoms with Gasteiger partial charge in [0, 0.05) is 6.42 Å². The van der Waals surface area contributed by atoms with Gasteiger partial charge in [0.15, 0.2) is 11.5 Å². The summed E-state index contributed by atoms with van der Waals surface area (Å²) < 4.78 is 11.2. The van der Waals surface area contributed by atoms with E-state index >= 15 is 0 Å². The minimum atomic E-state index is 0.684. The van der Waals surface area contributed by atoms with Gasteiger partial charge in [0.1, 0.15) is 11.3 Å². The zero-order valence-electron chi connectivity index (χ0n) is 11.7. The van der Waals surface area contributed by atoms with E-state index in [0.29, 0.717) is 13.0 Å². The van der Waals surface area contributed by atoms with Crippen LogP contribution in [0.25, 0.3) is 11.1 Å². The Hall–Kier alpha value is -2.29. The largest absolute Gasteiger partial charge is 0.494 e. The molecule has 0 N–H and O–H groups in total. The van der Waals surface area contributed by atoms with Crippen LogP contribution in [0.3, 0.4) is 0 Å². The molecule has 0 unspecified atom stereocenters. The number of benzene rings is 2. The number of fused-ring (bicyclic) bond motifs is 1. The van der Waals surface area contributed by atoms with Crippen molar-refractivity contribution in [3.63, 3.8) is 0 Å². The monoisotopic (exact) mass is 267 g/mol. The van der Waals surface area contributed by atoms with E-state index in [0.717, 1.165) is 28.3 Å². The molecular formula is C17H17NO2. The van der Waals surface area contributed by atoms with Gasteiger partial charge in [-0.15, -0.1) is 0 Å². The quantitative estimate of drug-likeness (QED) is 0.713. The van der Waals surface area contributed by atoms with Crippen LogP contribution in [-0.4, -0.2) is 11.6 Å². The Labute approximate surface area is 118 Å². The molecule has 3 nitrogen and oxygen atoms in total. The van der Waals surface area contributed by atoms with Crippen LogP contribution in [0.1, 0.15) is 23.9 Å². The summed E-state index contributed by atoms with van der Waals surface area (Å²) in [6.07, 6.45) is 0.695. The van der Waals surface area contributed by atoms with Crippen LogP contribution >= 0.6 is 0 Å². The Kier molecular flexibility index (Phi) is 3.42. The average Bonchev–Trinajstić information content (AvgIpc) is 2.82.